The van der Waals surface area contributed by atoms with Crippen LogP contribution in [0.5, 0.6) is 0 Å². The highest BCUT2D eigenvalue weighted by Gasteiger charge is 2.06. The summed E-state index contributed by atoms with van der Waals surface area (Å²) in [6, 6.07) is 0. The van der Waals surface area contributed by atoms with Crippen LogP contribution >= 0.6 is 12.4 Å². The second kappa shape index (κ2) is 9.39. The molecule has 1 saturated heterocycles. The van der Waals surface area contributed by atoms with Crippen molar-refractivity contribution in [3.8, 4) is 0 Å². The number of aryl methyl sites for hydroxylation is 1. The van der Waals surface area contributed by atoms with Crippen LogP contribution in [0.3, 0.4) is 0 Å². The van der Waals surface area contributed by atoms with Gasteiger partial charge in [-0.15, -0.1) is 17.5 Å². The highest BCUT2D eigenvalue weighted by molar-refractivity contribution is 5.85. The maximum atomic E-state index is 11.2. The first-order valence-electron chi connectivity index (χ1n) is 7.28. The van der Waals surface area contributed by atoms with Gasteiger partial charge in [0.1, 0.15) is 5.69 Å². The smallest absolute Gasteiger partial charge is 0.305 e. The molecule has 0 atom stereocenters. The predicted molar refractivity (Wildman–Crippen MR) is 83.0 cm³/mol. The van der Waals surface area contributed by atoms with Crippen LogP contribution < -0.4 is 5.32 Å². The second-order valence-electron chi connectivity index (χ2n) is 4.87. The van der Waals surface area contributed by atoms with Crippen LogP contribution in [-0.2, 0) is 16.1 Å². The van der Waals surface area contributed by atoms with E-state index in [1.54, 1.807) is 4.68 Å². The number of rotatable bonds is 6. The van der Waals surface area contributed by atoms with Crippen LogP contribution in [0.1, 0.15) is 44.7 Å². The number of esters is 1. The summed E-state index contributed by atoms with van der Waals surface area (Å²) in [5.74, 6) is -0.152. The third kappa shape index (κ3) is 6.16. The van der Waals surface area contributed by atoms with E-state index in [-0.39, 0.29) is 18.4 Å². The number of allylic oxidation sites excluding steroid dienone is 1. The lowest BCUT2D eigenvalue weighted by Gasteiger charge is -2.15. The number of ether oxygens (including phenoxy) is 1. The molecule has 0 bridgehead atoms. The average Bonchev–Trinajstić information content (AvgIpc) is 2.88. The van der Waals surface area contributed by atoms with E-state index in [0.717, 1.165) is 25.1 Å². The largest absolute Gasteiger partial charge is 0.466 e. The molecule has 21 heavy (non-hydrogen) atoms. The maximum absolute atomic E-state index is 11.2. The van der Waals surface area contributed by atoms with Gasteiger partial charge in [-0.1, -0.05) is 5.21 Å². The summed E-state index contributed by atoms with van der Waals surface area (Å²) in [7, 11) is 0. The summed E-state index contributed by atoms with van der Waals surface area (Å²) in [4.78, 5) is 11.2. The van der Waals surface area contributed by atoms with Gasteiger partial charge in [-0.05, 0) is 38.7 Å². The third-order valence-electron chi connectivity index (χ3n) is 3.18. The average molecular weight is 315 g/mol. The number of piperidine rings is 1. The Balaban J connectivity index is 0.00000220. The third-order valence-corrected chi connectivity index (χ3v) is 3.18. The van der Waals surface area contributed by atoms with Gasteiger partial charge in [-0.25, -0.2) is 0 Å². The number of aromatic nitrogens is 3. The molecule has 1 aliphatic rings. The van der Waals surface area contributed by atoms with E-state index in [1.165, 1.54) is 18.5 Å². The predicted octanol–water partition coefficient (Wildman–Crippen LogP) is 2.16. The molecule has 7 heteroatoms. The fourth-order valence-corrected chi connectivity index (χ4v) is 2.19. The number of nitrogens with zero attached hydrogens (tertiary/aromatic N) is 3. The van der Waals surface area contributed by atoms with Gasteiger partial charge < -0.3 is 10.1 Å². The molecule has 0 spiro atoms. The summed E-state index contributed by atoms with van der Waals surface area (Å²) in [6.45, 7) is 3.98. The molecule has 1 aromatic rings. The van der Waals surface area contributed by atoms with Crippen molar-refractivity contribution >= 4 is 24.5 Å². The molecule has 0 amide bonds. The molecule has 118 valence electrons. The molecule has 0 unspecified atom stereocenters. The van der Waals surface area contributed by atoms with Crippen molar-refractivity contribution in [2.75, 3.05) is 13.2 Å². The summed E-state index contributed by atoms with van der Waals surface area (Å²) >= 11 is 0. The molecular formula is C14H23ClN4O2. The summed E-state index contributed by atoms with van der Waals surface area (Å²) < 4.78 is 6.66. The van der Waals surface area contributed by atoms with Crippen molar-refractivity contribution in [2.45, 2.75) is 45.6 Å². The first kappa shape index (κ1) is 17.5. The van der Waals surface area contributed by atoms with E-state index >= 15 is 0 Å². The van der Waals surface area contributed by atoms with Crippen LogP contribution in [-0.4, -0.2) is 34.1 Å². The maximum Gasteiger partial charge on any atom is 0.305 e. The van der Waals surface area contributed by atoms with Gasteiger partial charge in [-0.3, -0.25) is 9.48 Å². The Bertz CT molecular complexity index is 465. The van der Waals surface area contributed by atoms with E-state index in [0.29, 0.717) is 19.6 Å². The van der Waals surface area contributed by atoms with E-state index in [2.05, 4.69) is 15.6 Å². The van der Waals surface area contributed by atoms with Crippen molar-refractivity contribution < 1.29 is 9.53 Å². The minimum absolute atomic E-state index is 0. The van der Waals surface area contributed by atoms with E-state index in [4.69, 9.17) is 4.74 Å². The van der Waals surface area contributed by atoms with Gasteiger partial charge in [0.2, 0.25) is 0 Å². The number of hydrogen-bond donors (Lipinski definition) is 1. The van der Waals surface area contributed by atoms with E-state index < -0.39 is 0 Å². The zero-order chi connectivity index (χ0) is 14.2. The molecule has 0 aromatic carbocycles. The molecule has 2 heterocycles. The Morgan fingerprint density at radius 1 is 1.52 bits per heavy atom. The SMILES string of the molecule is CCOC(=O)CCCn1cc(C=C2CCCCN2)nn1.Cl. The number of carbonyl (C=O) groups excluding carboxylic acids is 1. The van der Waals surface area contributed by atoms with E-state index in [1.807, 2.05) is 19.2 Å². The fraction of sp³-hybridized carbons (Fsp3) is 0.643. The molecule has 0 saturated carbocycles. The number of hydrogen-bond acceptors (Lipinski definition) is 5. The van der Waals surface area contributed by atoms with Crippen molar-refractivity contribution in [1.82, 2.24) is 20.3 Å². The molecule has 1 aromatic heterocycles. The van der Waals surface area contributed by atoms with Crippen LogP contribution in [0.25, 0.3) is 6.08 Å². The van der Waals surface area contributed by atoms with Crippen LogP contribution in [0.4, 0.5) is 0 Å². The molecule has 2 rings (SSSR count). The van der Waals surface area contributed by atoms with E-state index in [9.17, 15) is 4.79 Å². The summed E-state index contributed by atoms with van der Waals surface area (Å²) in [6.07, 6.45) is 8.64. The number of halogens is 1. The highest BCUT2D eigenvalue weighted by atomic mass is 35.5. The molecule has 6 nitrogen and oxygen atoms in total. The second-order valence-corrected chi connectivity index (χ2v) is 4.87. The Kier molecular flexibility index (Phi) is 7.82. The van der Waals surface area contributed by atoms with Gasteiger partial charge in [0.15, 0.2) is 0 Å². The standard InChI is InChI=1S/C14H22N4O2.ClH/c1-2-20-14(19)7-5-9-18-11-13(16-17-18)10-12-6-3-4-8-15-12;/h10-11,15H,2-9H2,1H3;1H. The Morgan fingerprint density at radius 2 is 2.38 bits per heavy atom. The minimum atomic E-state index is -0.152. The molecule has 1 aliphatic heterocycles. The first-order valence-corrected chi connectivity index (χ1v) is 7.28. The van der Waals surface area contributed by atoms with Gasteiger partial charge in [0, 0.05) is 25.2 Å². The topological polar surface area (TPSA) is 69.0 Å². The molecule has 0 aliphatic carbocycles. The van der Waals surface area contributed by atoms with Crippen molar-refractivity contribution in [3.05, 3.63) is 17.6 Å². The lowest BCUT2D eigenvalue weighted by atomic mass is 10.1. The lowest BCUT2D eigenvalue weighted by Crippen LogP contribution is -2.19. The zero-order valence-corrected chi connectivity index (χ0v) is 13.2. The summed E-state index contributed by atoms with van der Waals surface area (Å²) in [5, 5.41) is 11.6. The number of nitrogens with one attached hydrogen (secondary N) is 1. The van der Waals surface area contributed by atoms with Crippen molar-refractivity contribution in [3.63, 3.8) is 0 Å². The number of carbonyl (C=O) groups is 1. The van der Waals surface area contributed by atoms with Crippen LogP contribution in [0.15, 0.2) is 11.9 Å². The highest BCUT2D eigenvalue weighted by Crippen LogP contribution is 2.13. The zero-order valence-electron chi connectivity index (χ0n) is 12.4. The minimum Gasteiger partial charge on any atom is -0.466 e. The summed E-state index contributed by atoms with van der Waals surface area (Å²) in [5.41, 5.74) is 2.10. The van der Waals surface area contributed by atoms with Gasteiger partial charge in [0.25, 0.3) is 0 Å². The first-order chi connectivity index (χ1) is 9.78. The monoisotopic (exact) mass is 314 g/mol. The lowest BCUT2D eigenvalue weighted by molar-refractivity contribution is -0.143. The molecule has 0 radical (unpaired) electrons. The Labute approximate surface area is 131 Å². The van der Waals surface area contributed by atoms with Crippen molar-refractivity contribution in [2.24, 2.45) is 0 Å². The molecule has 1 fully saturated rings. The fourth-order valence-electron chi connectivity index (χ4n) is 2.19. The van der Waals surface area contributed by atoms with Gasteiger partial charge >= 0.3 is 5.97 Å². The van der Waals surface area contributed by atoms with Gasteiger partial charge in [0.05, 0.1) is 12.8 Å². The molecule has 1 N–H and O–H groups in total. The Hall–Kier alpha value is -1.56. The normalized spacial score (nSPS) is 16.1. The molecular weight excluding hydrogens is 292 g/mol. The van der Waals surface area contributed by atoms with Crippen LogP contribution in [0, 0.1) is 0 Å². The Morgan fingerprint density at radius 3 is 3.10 bits per heavy atom. The quantitative estimate of drug-likeness (QED) is 0.815. The van der Waals surface area contributed by atoms with Crippen molar-refractivity contribution in [1.29, 1.82) is 0 Å². The van der Waals surface area contributed by atoms with Gasteiger partial charge in [-0.2, -0.15) is 0 Å². The van der Waals surface area contributed by atoms with Crippen LogP contribution in [0.2, 0.25) is 0 Å².